The van der Waals surface area contributed by atoms with Crippen LogP contribution in [0.3, 0.4) is 0 Å². The molecule has 2 aliphatic carbocycles. The molecular weight excluding hydrogens is 656 g/mol. The number of fused-ring (bicyclic) bond motifs is 3. The highest BCUT2D eigenvalue weighted by Crippen LogP contribution is 2.45. The molecule has 0 saturated carbocycles. The van der Waals surface area contributed by atoms with E-state index in [1.165, 1.54) is 7.11 Å². The van der Waals surface area contributed by atoms with Gasteiger partial charge in [0.2, 0.25) is 5.78 Å². The molecule has 3 atom stereocenters. The number of methoxy groups -OCH3 is 1. The number of halogens is 1. The minimum absolute atomic E-state index is 0.00252. The average molecular weight is 699 g/mol. The van der Waals surface area contributed by atoms with E-state index in [2.05, 4.69) is 30.8 Å². The Morgan fingerprint density at radius 3 is 2.18 bits per heavy atom. The maximum absolute atomic E-state index is 14.7. The molecule has 1 heterocycles. The number of ether oxygens (including phenoxy) is 3. The molecule has 4 aromatic rings. The van der Waals surface area contributed by atoms with Crippen molar-refractivity contribution >= 4 is 29.0 Å². The Balaban J connectivity index is 1.37. The Labute approximate surface area is 297 Å². The van der Waals surface area contributed by atoms with Gasteiger partial charge in [0.05, 0.1) is 11.5 Å². The summed E-state index contributed by atoms with van der Waals surface area (Å²) in [5.41, 5.74) is 3.54. The second-order valence-corrected chi connectivity index (χ2v) is 14.5. The smallest absolute Gasteiger partial charge is 0.265 e. The summed E-state index contributed by atoms with van der Waals surface area (Å²) in [5, 5.41) is 4.57. The van der Waals surface area contributed by atoms with Crippen LogP contribution in [0.2, 0.25) is 5.02 Å². The van der Waals surface area contributed by atoms with Crippen LogP contribution in [-0.2, 0) is 42.1 Å². The fourth-order valence-electron chi connectivity index (χ4n) is 6.76. The monoisotopic (exact) mass is 698 g/mol. The van der Waals surface area contributed by atoms with Crippen LogP contribution in [0.25, 0.3) is 0 Å². The molecule has 2 aliphatic rings. The Hall–Kier alpha value is -4.31. The van der Waals surface area contributed by atoms with E-state index < -0.39 is 35.3 Å². The zero-order valence-corrected chi connectivity index (χ0v) is 29.9. The third-order valence-electron chi connectivity index (χ3n) is 9.87. The highest BCUT2D eigenvalue weighted by molar-refractivity contribution is 6.33. The van der Waals surface area contributed by atoms with Gasteiger partial charge in [-0.2, -0.15) is 0 Å². The molecule has 9 nitrogen and oxygen atoms in total. The number of Topliss-reactive ketones (excluding diaryl/α,β-unsaturated/α-hetero) is 3. The van der Waals surface area contributed by atoms with Gasteiger partial charge in [0, 0.05) is 30.6 Å². The summed E-state index contributed by atoms with van der Waals surface area (Å²) in [6.45, 7) is 7.27. The van der Waals surface area contributed by atoms with E-state index in [9.17, 15) is 14.4 Å². The number of rotatable bonds is 9. The number of hydrogen-bond acceptors (Lipinski definition) is 9. The van der Waals surface area contributed by atoms with Crippen molar-refractivity contribution in [1.29, 1.82) is 0 Å². The van der Waals surface area contributed by atoms with Crippen LogP contribution in [0.4, 0.5) is 0 Å². The van der Waals surface area contributed by atoms with Crippen molar-refractivity contribution < 1.29 is 33.1 Å². The third kappa shape index (κ3) is 7.26. The van der Waals surface area contributed by atoms with Crippen LogP contribution < -0.4 is 9.47 Å². The second kappa shape index (κ2) is 14.9. The van der Waals surface area contributed by atoms with Gasteiger partial charge in [0.15, 0.2) is 23.4 Å². The van der Waals surface area contributed by atoms with E-state index in [1.54, 1.807) is 0 Å². The van der Waals surface area contributed by atoms with Crippen LogP contribution in [0, 0.1) is 11.8 Å². The maximum Gasteiger partial charge on any atom is 0.265 e. The van der Waals surface area contributed by atoms with Crippen LogP contribution >= 0.6 is 11.6 Å². The number of hydrogen-bond donors (Lipinski definition) is 0. The summed E-state index contributed by atoms with van der Waals surface area (Å²) in [5.74, 6) is -2.52. The quantitative estimate of drug-likeness (QED) is 0.164. The van der Waals surface area contributed by atoms with E-state index in [-0.39, 0.29) is 30.2 Å². The highest BCUT2D eigenvalue weighted by Gasteiger charge is 2.48. The molecule has 0 saturated heterocycles. The first kappa shape index (κ1) is 35.5. The number of aryl methyl sites for hydroxylation is 1. The predicted octanol–water partition coefficient (Wildman–Crippen LogP) is 7.49. The fraction of sp³-hybridized carbons (Fsp3) is 0.400. The normalized spacial score (nSPS) is 19.5. The molecule has 0 N–H and O–H groups in total. The number of aromatic nitrogens is 1. The lowest BCUT2D eigenvalue weighted by Crippen LogP contribution is -2.46. The van der Waals surface area contributed by atoms with Crippen molar-refractivity contribution in [3.8, 4) is 11.6 Å². The highest BCUT2D eigenvalue weighted by atomic mass is 35.5. The lowest BCUT2D eigenvalue weighted by atomic mass is 9.69. The number of carbonyl (C=O) groups excluding carboxylic acids is 3. The van der Waals surface area contributed by atoms with Gasteiger partial charge >= 0.3 is 0 Å². The first-order chi connectivity index (χ1) is 24.0. The molecule has 0 fully saturated rings. The van der Waals surface area contributed by atoms with Crippen molar-refractivity contribution in [1.82, 2.24) is 10.1 Å². The van der Waals surface area contributed by atoms with Gasteiger partial charge in [0.1, 0.15) is 24.5 Å². The summed E-state index contributed by atoms with van der Waals surface area (Å²) >= 11 is 7.16. The second-order valence-electron chi connectivity index (χ2n) is 14.1. The first-order valence-corrected chi connectivity index (χ1v) is 17.4. The average Bonchev–Trinajstić information content (AvgIpc) is 3.51. The van der Waals surface area contributed by atoms with Crippen molar-refractivity contribution in [3.05, 3.63) is 111 Å². The standard InChI is InChI=1S/C40H43ClN2O7/c1-40(2,3)43(4)21-27-20-30(48-22-24-13-8-6-9-14-24)32-28(34(27)41)19-26-17-12-18-29-33(37(46)38(47-5)36(45)31(26)35(32)44)39(42-50-29)49-23-25-15-10-7-11-16-25/h6-11,13-16,20,26,31,38H,12,17-19,21-23H2,1-5H3. The minimum Gasteiger partial charge on any atom is -0.488 e. The van der Waals surface area contributed by atoms with Gasteiger partial charge in [-0.05, 0) is 86.5 Å². The van der Waals surface area contributed by atoms with Gasteiger partial charge in [-0.1, -0.05) is 72.3 Å². The Morgan fingerprint density at radius 2 is 1.56 bits per heavy atom. The zero-order chi connectivity index (χ0) is 35.6. The molecule has 10 heteroatoms. The zero-order valence-electron chi connectivity index (χ0n) is 29.2. The van der Waals surface area contributed by atoms with Crippen LogP contribution in [-0.4, -0.2) is 53.2 Å². The minimum atomic E-state index is -1.56. The molecular formula is C40H43ClN2O7. The van der Waals surface area contributed by atoms with Gasteiger partial charge < -0.3 is 18.7 Å². The van der Waals surface area contributed by atoms with Crippen LogP contribution in [0.1, 0.15) is 82.3 Å². The maximum atomic E-state index is 14.7. The summed E-state index contributed by atoms with van der Waals surface area (Å²) < 4.78 is 23.5. The summed E-state index contributed by atoms with van der Waals surface area (Å²) in [6, 6.07) is 21.0. The topological polar surface area (TPSA) is 108 Å². The first-order valence-electron chi connectivity index (χ1n) is 17.0. The Kier molecular flexibility index (Phi) is 10.6. The van der Waals surface area contributed by atoms with E-state index in [1.807, 2.05) is 73.8 Å². The van der Waals surface area contributed by atoms with E-state index >= 15 is 0 Å². The van der Waals surface area contributed by atoms with Gasteiger partial charge in [-0.3, -0.25) is 19.3 Å². The van der Waals surface area contributed by atoms with E-state index in [4.69, 9.17) is 30.3 Å². The van der Waals surface area contributed by atoms with Gasteiger partial charge in [0.25, 0.3) is 5.88 Å². The fourth-order valence-corrected chi connectivity index (χ4v) is 7.05. The molecule has 262 valence electrons. The number of carbonyl (C=O) groups is 3. The van der Waals surface area contributed by atoms with E-state index in [0.29, 0.717) is 59.9 Å². The number of benzene rings is 3. The molecule has 1 aromatic heterocycles. The van der Waals surface area contributed by atoms with Crippen molar-refractivity contribution in [3.63, 3.8) is 0 Å². The van der Waals surface area contributed by atoms with Gasteiger partial charge in [-0.25, -0.2) is 0 Å². The molecule has 0 radical (unpaired) electrons. The summed E-state index contributed by atoms with van der Waals surface area (Å²) in [4.78, 5) is 45.5. The SMILES string of the molecule is COC1C(=O)c2c(OCc3ccccc3)noc2CCCC2Cc3c(Cl)c(CN(C)C(C)(C)C)cc(OCc4ccccc4)c3C(=O)C2C1=O. The Morgan fingerprint density at radius 1 is 0.920 bits per heavy atom. The molecule has 3 unspecified atom stereocenters. The molecule has 0 bridgehead atoms. The largest absolute Gasteiger partial charge is 0.488 e. The molecule has 6 rings (SSSR count). The van der Waals surface area contributed by atoms with Gasteiger partial charge in [-0.15, -0.1) is 0 Å². The van der Waals surface area contributed by atoms with Crippen molar-refractivity contribution in [2.45, 2.75) is 77.9 Å². The van der Waals surface area contributed by atoms with Crippen molar-refractivity contribution in [2.24, 2.45) is 11.8 Å². The molecule has 3 aromatic carbocycles. The Bertz CT molecular complexity index is 1870. The lowest BCUT2D eigenvalue weighted by Gasteiger charge is -2.36. The number of nitrogens with zero attached hydrogens (tertiary/aromatic N) is 2. The molecule has 0 aliphatic heterocycles. The summed E-state index contributed by atoms with van der Waals surface area (Å²) in [7, 11) is 3.32. The summed E-state index contributed by atoms with van der Waals surface area (Å²) in [6.07, 6.45) is 0.226. The van der Waals surface area contributed by atoms with Crippen molar-refractivity contribution in [2.75, 3.05) is 14.2 Å². The molecule has 0 spiro atoms. The van der Waals surface area contributed by atoms with E-state index in [0.717, 1.165) is 16.7 Å². The lowest BCUT2D eigenvalue weighted by molar-refractivity contribution is -0.130. The predicted molar refractivity (Wildman–Crippen MR) is 189 cm³/mol. The molecule has 0 amide bonds. The molecule has 50 heavy (non-hydrogen) atoms. The number of ketones is 3. The van der Waals surface area contributed by atoms with Crippen LogP contribution in [0.15, 0.2) is 71.3 Å². The third-order valence-corrected chi connectivity index (χ3v) is 10.3. The van der Waals surface area contributed by atoms with Crippen LogP contribution in [0.5, 0.6) is 11.6 Å².